The topological polar surface area (TPSA) is 90.9 Å². The van der Waals surface area contributed by atoms with Crippen LogP contribution >= 0.6 is 0 Å². The molecular formula is C27H34O9. The van der Waals surface area contributed by atoms with E-state index in [1.54, 1.807) is 36.4 Å². The molecule has 9 nitrogen and oxygen atoms in total. The zero-order valence-electron chi connectivity index (χ0n) is 21.6. The lowest BCUT2D eigenvalue weighted by Gasteiger charge is -2.15. The summed E-state index contributed by atoms with van der Waals surface area (Å²) >= 11 is 0. The summed E-state index contributed by atoms with van der Waals surface area (Å²) in [6.45, 7) is 4.92. The second-order valence-electron chi connectivity index (χ2n) is 7.09. The number of benzene rings is 2. The van der Waals surface area contributed by atoms with Crippen LogP contribution in [0.25, 0.3) is 12.2 Å². The smallest absolute Gasteiger partial charge is 0.206 e. The molecule has 0 saturated carbocycles. The highest BCUT2D eigenvalue weighted by molar-refractivity contribution is 6.04. The van der Waals surface area contributed by atoms with Gasteiger partial charge in [-0.25, -0.2) is 0 Å². The van der Waals surface area contributed by atoms with Gasteiger partial charge in [0.05, 0.1) is 28.4 Å². The van der Waals surface area contributed by atoms with E-state index >= 15 is 0 Å². The molecule has 0 saturated heterocycles. The molecule has 9 heteroatoms. The predicted molar refractivity (Wildman–Crippen MR) is 136 cm³/mol. The van der Waals surface area contributed by atoms with Crippen LogP contribution in [0.2, 0.25) is 0 Å². The van der Waals surface area contributed by atoms with Gasteiger partial charge in [-0.05, 0) is 61.4 Å². The van der Waals surface area contributed by atoms with Crippen LogP contribution in [-0.4, -0.2) is 61.0 Å². The van der Waals surface area contributed by atoms with E-state index in [0.717, 1.165) is 0 Å². The molecule has 0 aliphatic carbocycles. The number of methoxy groups -OCH3 is 4. The molecule has 0 fully saturated rings. The lowest BCUT2D eigenvalue weighted by atomic mass is 10.1. The van der Waals surface area contributed by atoms with Crippen LogP contribution < -0.4 is 28.4 Å². The number of carbonyl (C=O) groups excluding carboxylic acids is 1. The van der Waals surface area contributed by atoms with Gasteiger partial charge in [0.15, 0.2) is 42.4 Å². The fraction of sp³-hybridized carbons (Fsp3) is 0.370. The molecular weight excluding hydrogens is 468 g/mol. The molecule has 0 aromatic heterocycles. The summed E-state index contributed by atoms with van der Waals surface area (Å²) in [7, 11) is 6.11. The third-order valence-electron chi connectivity index (χ3n) is 4.83. The first-order chi connectivity index (χ1) is 17.5. The number of ketones is 1. The largest absolute Gasteiger partial charge is 0.493 e. The third-order valence-corrected chi connectivity index (χ3v) is 4.83. The van der Waals surface area contributed by atoms with Crippen LogP contribution in [-0.2, 0) is 14.3 Å². The molecule has 0 radical (unpaired) electrons. The summed E-state index contributed by atoms with van der Waals surface area (Å²) in [5.74, 6) is 2.47. The molecule has 0 heterocycles. The molecule has 0 aliphatic rings. The third kappa shape index (κ3) is 8.21. The zero-order chi connectivity index (χ0) is 26.3. The highest BCUT2D eigenvalue weighted by Gasteiger charge is 2.15. The first-order valence-corrected chi connectivity index (χ1v) is 11.3. The Morgan fingerprint density at radius 2 is 0.972 bits per heavy atom. The van der Waals surface area contributed by atoms with Gasteiger partial charge in [0.2, 0.25) is 11.5 Å². The minimum absolute atomic E-state index is 0.0663. The van der Waals surface area contributed by atoms with E-state index in [4.69, 9.17) is 37.9 Å². The van der Waals surface area contributed by atoms with Crippen molar-refractivity contribution in [3.05, 3.63) is 47.5 Å². The van der Waals surface area contributed by atoms with Gasteiger partial charge in [0.1, 0.15) is 0 Å². The summed E-state index contributed by atoms with van der Waals surface area (Å²) < 4.78 is 43.4. The standard InChI is InChI=1S/C27H34O9/c1-7-33-17-35-26-22(29-3)13-19(14-23(26)30-4)9-11-21(28)12-10-20-15-24(31-5)27(25(16-20)32-6)36-18-34-8-2/h9-16H,7-8,17-18H2,1-6H3/b11-9+,12-10+. The van der Waals surface area contributed by atoms with Crippen molar-refractivity contribution in [1.29, 1.82) is 0 Å². The van der Waals surface area contributed by atoms with E-state index in [9.17, 15) is 4.79 Å². The van der Waals surface area contributed by atoms with E-state index in [-0.39, 0.29) is 19.4 Å². The van der Waals surface area contributed by atoms with Crippen LogP contribution in [0.5, 0.6) is 34.5 Å². The Morgan fingerprint density at radius 3 is 1.25 bits per heavy atom. The molecule has 36 heavy (non-hydrogen) atoms. The average Bonchev–Trinajstić information content (AvgIpc) is 2.91. The minimum Gasteiger partial charge on any atom is -0.493 e. The van der Waals surface area contributed by atoms with Crippen molar-refractivity contribution in [2.24, 2.45) is 0 Å². The van der Waals surface area contributed by atoms with E-state index in [0.29, 0.717) is 58.8 Å². The van der Waals surface area contributed by atoms with E-state index in [2.05, 4.69) is 0 Å². The SMILES string of the molecule is CCOCOc1c(OC)cc(/C=C/C(=O)/C=C/c2cc(OC)c(OCOCC)c(OC)c2)cc1OC. The van der Waals surface area contributed by atoms with Crippen molar-refractivity contribution in [3.8, 4) is 34.5 Å². The Hall–Kier alpha value is -3.69. The molecule has 0 unspecified atom stereocenters. The van der Waals surface area contributed by atoms with Crippen LogP contribution in [0.1, 0.15) is 25.0 Å². The second-order valence-corrected chi connectivity index (χ2v) is 7.09. The molecule has 0 atom stereocenters. The highest BCUT2D eigenvalue weighted by atomic mass is 16.7. The Bertz CT molecular complexity index is 912. The van der Waals surface area contributed by atoms with Gasteiger partial charge in [-0.1, -0.05) is 12.2 Å². The predicted octanol–water partition coefficient (Wildman–Crippen LogP) is 4.76. The molecule has 196 valence electrons. The number of ether oxygens (including phenoxy) is 8. The molecule has 0 aliphatic heterocycles. The first-order valence-electron chi connectivity index (χ1n) is 11.3. The van der Waals surface area contributed by atoms with Crippen molar-refractivity contribution in [3.63, 3.8) is 0 Å². The molecule has 2 rings (SSSR count). The Morgan fingerprint density at radius 1 is 0.639 bits per heavy atom. The number of hydrogen-bond acceptors (Lipinski definition) is 9. The van der Waals surface area contributed by atoms with Crippen LogP contribution in [0.3, 0.4) is 0 Å². The van der Waals surface area contributed by atoms with Crippen molar-refractivity contribution in [2.75, 3.05) is 55.2 Å². The Kier molecular flexibility index (Phi) is 12.2. The van der Waals surface area contributed by atoms with Gasteiger partial charge in [-0.15, -0.1) is 0 Å². The maximum absolute atomic E-state index is 12.5. The van der Waals surface area contributed by atoms with Gasteiger partial charge >= 0.3 is 0 Å². The molecule has 0 bridgehead atoms. The van der Waals surface area contributed by atoms with Gasteiger partial charge in [0, 0.05) is 13.2 Å². The van der Waals surface area contributed by atoms with E-state index in [1.807, 2.05) is 13.8 Å². The number of hydrogen-bond donors (Lipinski definition) is 0. The molecule has 2 aromatic rings. The monoisotopic (exact) mass is 502 g/mol. The molecule has 0 N–H and O–H groups in total. The Labute approximate surface area is 212 Å². The fourth-order valence-corrected chi connectivity index (χ4v) is 3.06. The average molecular weight is 503 g/mol. The van der Waals surface area contributed by atoms with Gasteiger partial charge in [-0.3, -0.25) is 4.79 Å². The highest BCUT2D eigenvalue weighted by Crippen LogP contribution is 2.40. The van der Waals surface area contributed by atoms with E-state index < -0.39 is 0 Å². The summed E-state index contributed by atoms with van der Waals surface area (Å²) in [5, 5.41) is 0. The maximum atomic E-state index is 12.5. The maximum Gasteiger partial charge on any atom is 0.206 e. The number of carbonyl (C=O) groups is 1. The van der Waals surface area contributed by atoms with Crippen molar-refractivity contribution in [1.82, 2.24) is 0 Å². The van der Waals surface area contributed by atoms with Crippen LogP contribution in [0, 0.1) is 0 Å². The van der Waals surface area contributed by atoms with Crippen LogP contribution in [0.15, 0.2) is 36.4 Å². The van der Waals surface area contributed by atoms with Gasteiger partial charge < -0.3 is 37.9 Å². The van der Waals surface area contributed by atoms with Crippen molar-refractivity contribution >= 4 is 17.9 Å². The quantitative estimate of drug-likeness (QED) is 0.183. The Balaban J connectivity index is 2.19. The van der Waals surface area contributed by atoms with E-state index in [1.165, 1.54) is 40.6 Å². The molecule has 0 spiro atoms. The second kappa shape index (κ2) is 15.3. The van der Waals surface area contributed by atoms with Gasteiger partial charge in [0.25, 0.3) is 0 Å². The fourth-order valence-electron chi connectivity index (χ4n) is 3.06. The van der Waals surface area contributed by atoms with Gasteiger partial charge in [-0.2, -0.15) is 0 Å². The molecule has 0 amide bonds. The number of allylic oxidation sites excluding steroid dienone is 2. The normalized spacial score (nSPS) is 11.1. The lowest BCUT2D eigenvalue weighted by molar-refractivity contribution is -0.110. The number of rotatable bonds is 16. The minimum atomic E-state index is -0.223. The first kappa shape index (κ1) is 28.5. The van der Waals surface area contributed by atoms with Crippen molar-refractivity contribution < 1.29 is 42.7 Å². The van der Waals surface area contributed by atoms with Crippen molar-refractivity contribution in [2.45, 2.75) is 13.8 Å². The summed E-state index contributed by atoms with van der Waals surface area (Å²) in [6.07, 6.45) is 6.21. The molecule has 2 aromatic carbocycles. The van der Waals surface area contributed by atoms with Crippen LogP contribution in [0.4, 0.5) is 0 Å². The summed E-state index contributed by atoms with van der Waals surface area (Å²) in [6, 6.07) is 6.98. The zero-order valence-corrected chi connectivity index (χ0v) is 21.6. The lowest BCUT2D eigenvalue weighted by Crippen LogP contribution is -2.05. The summed E-state index contributed by atoms with van der Waals surface area (Å²) in [4.78, 5) is 12.5. The summed E-state index contributed by atoms with van der Waals surface area (Å²) in [5.41, 5.74) is 1.40.